The Balaban J connectivity index is 1.12. The molecule has 0 N–H and O–H groups in total. The summed E-state index contributed by atoms with van der Waals surface area (Å²) in [6.07, 6.45) is 0. The van der Waals surface area contributed by atoms with E-state index in [-0.39, 0.29) is 12.1 Å². The molecule has 82 heavy (non-hydrogen) atoms. The molecular formula is C77H55BN4. The van der Waals surface area contributed by atoms with Gasteiger partial charge >= 0.3 is 0 Å². The number of hydrogen-bond donors (Lipinski definition) is 0. The minimum absolute atomic E-state index is 0.205. The Morgan fingerprint density at radius 2 is 0.829 bits per heavy atom. The zero-order valence-electron chi connectivity index (χ0n) is 45.9. The molecule has 3 heterocycles. The Labute approximate surface area is 479 Å². The Bertz CT molecular complexity index is 4560. The summed E-state index contributed by atoms with van der Waals surface area (Å²) in [6, 6.07) is 105. The summed E-state index contributed by atoms with van der Waals surface area (Å²) in [5.74, 6) is 0. The van der Waals surface area contributed by atoms with E-state index in [1.165, 1.54) is 32.7 Å². The van der Waals surface area contributed by atoms with Crippen LogP contribution in [0.3, 0.4) is 0 Å². The molecule has 15 rings (SSSR count). The molecule has 0 amide bonds. The highest BCUT2D eigenvalue weighted by Gasteiger charge is 2.46. The summed E-state index contributed by atoms with van der Waals surface area (Å²) < 4.78 is 2.46. The summed E-state index contributed by atoms with van der Waals surface area (Å²) in [4.78, 5) is 5.18. The molecule has 0 bridgehead atoms. The summed E-state index contributed by atoms with van der Waals surface area (Å²) in [7, 11) is 0. The van der Waals surface area contributed by atoms with Gasteiger partial charge in [0, 0.05) is 55.9 Å². The molecular weight excluding hydrogens is 992 g/mol. The fraction of sp³-hybridized carbons (Fsp3) is 0.0519. The monoisotopic (exact) mass is 1050 g/mol. The molecule has 0 aliphatic carbocycles. The number of anilines is 6. The first-order valence-corrected chi connectivity index (χ1v) is 28.3. The van der Waals surface area contributed by atoms with Crippen LogP contribution in [0.15, 0.2) is 279 Å². The van der Waals surface area contributed by atoms with E-state index in [9.17, 15) is 5.26 Å². The molecule has 0 radical (unpaired) electrons. The van der Waals surface area contributed by atoms with Gasteiger partial charge in [0.2, 0.25) is 0 Å². The molecule has 0 saturated carbocycles. The van der Waals surface area contributed by atoms with Crippen molar-refractivity contribution in [3.63, 3.8) is 0 Å². The highest BCUT2D eigenvalue weighted by Crippen LogP contribution is 2.53. The van der Waals surface area contributed by atoms with Crippen LogP contribution in [0.5, 0.6) is 0 Å². The van der Waals surface area contributed by atoms with Crippen LogP contribution < -0.4 is 26.2 Å². The van der Waals surface area contributed by atoms with E-state index in [0.717, 1.165) is 106 Å². The number of benzene rings is 12. The zero-order valence-corrected chi connectivity index (χ0v) is 45.9. The predicted octanol–water partition coefficient (Wildman–Crippen LogP) is 18.4. The molecule has 0 fully saturated rings. The van der Waals surface area contributed by atoms with Crippen molar-refractivity contribution in [2.45, 2.75) is 26.2 Å². The molecule has 0 spiro atoms. The predicted molar refractivity (Wildman–Crippen MR) is 345 cm³/mol. The van der Waals surface area contributed by atoms with Crippen LogP contribution in [0.4, 0.5) is 34.1 Å². The molecule has 2 aliphatic heterocycles. The normalized spacial score (nSPS) is 12.5. The molecule has 5 heteroatoms. The van der Waals surface area contributed by atoms with Gasteiger partial charge in [0.1, 0.15) is 0 Å². The lowest BCUT2D eigenvalue weighted by Crippen LogP contribution is -2.61. The lowest BCUT2D eigenvalue weighted by Gasteiger charge is -2.46. The third-order valence-corrected chi connectivity index (χ3v) is 16.9. The second kappa shape index (κ2) is 19.4. The summed E-state index contributed by atoms with van der Waals surface area (Å²) in [5, 5.41) is 13.4. The van der Waals surface area contributed by atoms with Crippen molar-refractivity contribution in [3.05, 3.63) is 290 Å². The van der Waals surface area contributed by atoms with Crippen LogP contribution in [0.2, 0.25) is 0 Å². The van der Waals surface area contributed by atoms with Crippen molar-refractivity contribution in [2.24, 2.45) is 0 Å². The topological polar surface area (TPSA) is 35.2 Å². The summed E-state index contributed by atoms with van der Waals surface area (Å²) in [6.45, 7) is 6.81. The van der Waals surface area contributed by atoms with Gasteiger partial charge in [-0.15, -0.1) is 0 Å². The number of hydrogen-bond acceptors (Lipinski definition) is 3. The van der Waals surface area contributed by atoms with Crippen LogP contribution in [-0.4, -0.2) is 11.3 Å². The van der Waals surface area contributed by atoms with E-state index < -0.39 is 0 Å². The number of nitriles is 1. The fourth-order valence-electron chi connectivity index (χ4n) is 13.1. The maximum atomic E-state index is 10.9. The third kappa shape index (κ3) is 7.98. The van der Waals surface area contributed by atoms with Gasteiger partial charge in [-0.1, -0.05) is 239 Å². The van der Waals surface area contributed by atoms with E-state index in [1.54, 1.807) is 0 Å². The minimum Gasteiger partial charge on any atom is -0.311 e. The van der Waals surface area contributed by atoms with Crippen LogP contribution in [0, 0.1) is 11.3 Å². The molecule has 12 aromatic carbocycles. The number of fused-ring (bicyclic) bond motifs is 7. The lowest BCUT2D eigenvalue weighted by molar-refractivity contribution is 0.590. The van der Waals surface area contributed by atoms with Gasteiger partial charge in [-0.05, 0) is 127 Å². The van der Waals surface area contributed by atoms with Crippen LogP contribution in [0.1, 0.15) is 31.9 Å². The lowest BCUT2D eigenvalue weighted by atomic mass is 9.33. The Kier molecular flexibility index (Phi) is 11.6. The van der Waals surface area contributed by atoms with Gasteiger partial charge in [0.05, 0.1) is 34.0 Å². The number of para-hydroxylation sites is 2. The fourth-order valence-corrected chi connectivity index (χ4v) is 13.1. The standard InChI is InChI=1S/C77H55BN4/c1-77(2,3)59-47-73-75-74(48-59)82(76-64(55-29-15-7-16-30-55)43-51(50-79)44-65(76)56-31-17-8-18-32-56)70-42-38-57(52-23-9-4-10-24-52)45-67(70)78(75)66-41-39-60(80-68-35-21-19-33-62(68)63-34-20-22-36-69(63)80)49-72(66)81(73)71-46-58(53-25-11-5-12-26-53)37-40-61(71)54-27-13-6-14-28-54/h4-49H,1-3H3. The van der Waals surface area contributed by atoms with Gasteiger partial charge in [-0.25, -0.2) is 0 Å². The van der Waals surface area contributed by atoms with Gasteiger partial charge in [-0.2, -0.15) is 5.26 Å². The van der Waals surface area contributed by atoms with Crippen molar-refractivity contribution >= 4 is 79.0 Å². The first kappa shape index (κ1) is 48.7. The van der Waals surface area contributed by atoms with Crippen molar-refractivity contribution in [1.29, 1.82) is 5.26 Å². The van der Waals surface area contributed by atoms with Crippen molar-refractivity contribution < 1.29 is 0 Å². The van der Waals surface area contributed by atoms with Crippen LogP contribution >= 0.6 is 0 Å². The first-order chi connectivity index (χ1) is 40.3. The highest BCUT2D eigenvalue weighted by molar-refractivity contribution is 7.00. The van der Waals surface area contributed by atoms with Crippen LogP contribution in [0.25, 0.3) is 83.1 Å². The van der Waals surface area contributed by atoms with E-state index >= 15 is 0 Å². The van der Waals surface area contributed by atoms with Gasteiger partial charge in [0.25, 0.3) is 6.71 Å². The number of aromatic nitrogens is 1. The Morgan fingerprint density at radius 1 is 0.354 bits per heavy atom. The number of nitrogens with zero attached hydrogens (tertiary/aromatic N) is 4. The molecule has 2 aliphatic rings. The van der Waals surface area contributed by atoms with E-state index in [1.807, 2.05) is 0 Å². The quantitative estimate of drug-likeness (QED) is 0.142. The van der Waals surface area contributed by atoms with Gasteiger partial charge < -0.3 is 14.4 Å². The molecule has 0 unspecified atom stereocenters. The van der Waals surface area contributed by atoms with E-state index in [2.05, 4.69) is 320 Å². The average molecular weight is 1050 g/mol. The second-order valence-corrected chi connectivity index (χ2v) is 22.8. The summed E-state index contributed by atoms with van der Waals surface area (Å²) in [5.41, 5.74) is 26.0. The molecule has 1 aromatic heterocycles. The zero-order chi connectivity index (χ0) is 55.1. The van der Waals surface area contributed by atoms with Crippen molar-refractivity contribution in [2.75, 3.05) is 9.80 Å². The van der Waals surface area contributed by atoms with E-state index in [4.69, 9.17) is 0 Å². The Hall–Kier alpha value is -10.4. The molecule has 0 saturated heterocycles. The smallest absolute Gasteiger partial charge is 0.252 e. The Morgan fingerprint density at radius 3 is 1.37 bits per heavy atom. The SMILES string of the molecule is CC(C)(C)c1cc2c3c(c1)N(c1c(-c4ccccc4)cc(C#N)cc1-c1ccccc1)c1ccc(-c4ccccc4)cc1B3c1ccc(-n3c4ccccc4c4ccccc43)cc1N2c1cc(-c2ccccc2)ccc1-c1ccccc1. The van der Waals surface area contributed by atoms with Crippen LogP contribution in [-0.2, 0) is 5.41 Å². The number of rotatable bonds is 8. The molecule has 386 valence electrons. The van der Waals surface area contributed by atoms with E-state index in [0.29, 0.717) is 5.56 Å². The molecule has 4 nitrogen and oxygen atoms in total. The largest absolute Gasteiger partial charge is 0.311 e. The highest BCUT2D eigenvalue weighted by atomic mass is 15.2. The maximum absolute atomic E-state index is 10.9. The molecule has 0 atom stereocenters. The average Bonchev–Trinajstić information content (AvgIpc) is 1.49. The van der Waals surface area contributed by atoms with Gasteiger partial charge in [0.15, 0.2) is 0 Å². The maximum Gasteiger partial charge on any atom is 0.252 e. The molecule has 13 aromatic rings. The minimum atomic E-state index is -0.287. The summed E-state index contributed by atoms with van der Waals surface area (Å²) >= 11 is 0. The third-order valence-electron chi connectivity index (χ3n) is 16.9. The van der Waals surface area contributed by atoms with Crippen molar-refractivity contribution in [1.82, 2.24) is 4.57 Å². The van der Waals surface area contributed by atoms with Crippen molar-refractivity contribution in [3.8, 4) is 67.4 Å². The second-order valence-electron chi connectivity index (χ2n) is 22.8. The first-order valence-electron chi connectivity index (χ1n) is 28.3. The van der Waals surface area contributed by atoms with Gasteiger partial charge in [-0.3, -0.25) is 0 Å².